The van der Waals surface area contributed by atoms with E-state index in [1.165, 1.54) is 17.0 Å². The van der Waals surface area contributed by atoms with Gasteiger partial charge < -0.3 is 15.3 Å². The van der Waals surface area contributed by atoms with E-state index in [9.17, 15) is 14.7 Å². The van der Waals surface area contributed by atoms with Crippen LogP contribution in [0.25, 0.3) is 0 Å². The molecule has 1 heterocycles. The second kappa shape index (κ2) is 5.27. The molecule has 0 spiro atoms. The highest BCUT2D eigenvalue weighted by atomic mass is 35.5. The molecule has 0 saturated carbocycles. The molecule has 1 saturated heterocycles. The largest absolute Gasteiger partial charge is 0.506 e. The number of anilines is 1. The molecule has 5 nitrogen and oxygen atoms in total. The van der Waals surface area contributed by atoms with Crippen LogP contribution < -0.4 is 5.32 Å². The molecule has 0 unspecified atom stereocenters. The van der Waals surface area contributed by atoms with Gasteiger partial charge in [-0.25, -0.2) is 0 Å². The summed E-state index contributed by atoms with van der Waals surface area (Å²) in [4.78, 5) is 24.6. The number of amides is 2. The van der Waals surface area contributed by atoms with Crippen LogP contribution >= 0.6 is 11.6 Å². The number of hydrogen-bond donors (Lipinski definition) is 2. The van der Waals surface area contributed by atoms with Gasteiger partial charge in [-0.05, 0) is 18.6 Å². The number of likely N-dealkylation sites (tertiary alicyclic amines) is 1. The number of halogens is 1. The summed E-state index contributed by atoms with van der Waals surface area (Å²) >= 11 is 5.66. The van der Waals surface area contributed by atoms with E-state index >= 15 is 0 Å². The van der Waals surface area contributed by atoms with E-state index in [1.54, 1.807) is 6.07 Å². The van der Waals surface area contributed by atoms with Gasteiger partial charge in [0, 0.05) is 24.7 Å². The monoisotopic (exact) mass is 268 g/mol. The molecule has 0 aromatic heterocycles. The molecule has 0 aliphatic carbocycles. The third-order valence-electron chi connectivity index (χ3n) is 2.74. The van der Waals surface area contributed by atoms with E-state index in [4.69, 9.17) is 11.6 Å². The Morgan fingerprint density at radius 3 is 2.89 bits per heavy atom. The standard InChI is InChI=1S/C12H13ClN2O3/c13-9-4-3-8(6-10(9)16)14-11(17)7-15-5-1-2-12(15)18/h3-4,6,16H,1-2,5,7H2,(H,14,17). The van der Waals surface area contributed by atoms with Gasteiger partial charge in [0.05, 0.1) is 11.6 Å². The van der Waals surface area contributed by atoms with Crippen molar-refractivity contribution in [1.29, 1.82) is 0 Å². The van der Waals surface area contributed by atoms with Crippen molar-refractivity contribution in [2.75, 3.05) is 18.4 Å². The number of nitrogens with one attached hydrogen (secondary N) is 1. The van der Waals surface area contributed by atoms with Crippen molar-refractivity contribution in [3.8, 4) is 5.75 Å². The molecule has 2 N–H and O–H groups in total. The van der Waals surface area contributed by atoms with Crippen LogP contribution in [0, 0.1) is 0 Å². The molecule has 96 valence electrons. The first-order chi connectivity index (χ1) is 8.56. The SMILES string of the molecule is O=C(CN1CCCC1=O)Nc1ccc(Cl)c(O)c1. The quantitative estimate of drug-likeness (QED) is 0.875. The van der Waals surface area contributed by atoms with Crippen molar-refractivity contribution in [3.63, 3.8) is 0 Å². The third kappa shape index (κ3) is 2.92. The lowest BCUT2D eigenvalue weighted by molar-refractivity contribution is -0.131. The van der Waals surface area contributed by atoms with Gasteiger partial charge in [-0.2, -0.15) is 0 Å². The molecular weight excluding hydrogens is 256 g/mol. The summed E-state index contributed by atoms with van der Waals surface area (Å²) in [6, 6.07) is 4.45. The average molecular weight is 269 g/mol. The minimum Gasteiger partial charge on any atom is -0.506 e. The molecular formula is C12H13ClN2O3. The van der Waals surface area contributed by atoms with Crippen LogP contribution in [0.1, 0.15) is 12.8 Å². The van der Waals surface area contributed by atoms with Crippen LogP contribution in [0.4, 0.5) is 5.69 Å². The molecule has 2 amide bonds. The molecule has 2 rings (SSSR count). The molecule has 1 aliphatic rings. The van der Waals surface area contributed by atoms with Crippen LogP contribution in [-0.2, 0) is 9.59 Å². The number of phenolic OH excluding ortho intramolecular Hbond substituents is 1. The van der Waals surface area contributed by atoms with Crippen molar-refractivity contribution in [2.45, 2.75) is 12.8 Å². The van der Waals surface area contributed by atoms with E-state index < -0.39 is 0 Å². The summed E-state index contributed by atoms with van der Waals surface area (Å²) < 4.78 is 0. The van der Waals surface area contributed by atoms with E-state index in [0.29, 0.717) is 18.7 Å². The number of nitrogens with zero attached hydrogens (tertiary/aromatic N) is 1. The highest BCUT2D eigenvalue weighted by Gasteiger charge is 2.22. The summed E-state index contributed by atoms with van der Waals surface area (Å²) in [6.45, 7) is 0.667. The van der Waals surface area contributed by atoms with Gasteiger partial charge in [-0.1, -0.05) is 11.6 Å². The number of hydrogen-bond acceptors (Lipinski definition) is 3. The van der Waals surface area contributed by atoms with Gasteiger partial charge in [0.25, 0.3) is 0 Å². The Balaban J connectivity index is 1.94. The number of phenols is 1. The maximum absolute atomic E-state index is 11.7. The van der Waals surface area contributed by atoms with Crippen molar-refractivity contribution >= 4 is 29.1 Å². The second-order valence-electron chi connectivity index (χ2n) is 4.13. The van der Waals surface area contributed by atoms with E-state index in [2.05, 4.69) is 5.32 Å². The van der Waals surface area contributed by atoms with Gasteiger partial charge in [0.2, 0.25) is 11.8 Å². The minimum absolute atomic E-state index is 0.00380. The number of rotatable bonds is 3. The van der Waals surface area contributed by atoms with E-state index in [-0.39, 0.29) is 29.1 Å². The number of benzene rings is 1. The maximum Gasteiger partial charge on any atom is 0.243 e. The first-order valence-electron chi connectivity index (χ1n) is 5.62. The zero-order valence-corrected chi connectivity index (χ0v) is 10.4. The van der Waals surface area contributed by atoms with Crippen molar-refractivity contribution in [2.24, 2.45) is 0 Å². The van der Waals surface area contributed by atoms with Crippen LogP contribution in [0.2, 0.25) is 5.02 Å². The molecule has 0 bridgehead atoms. The lowest BCUT2D eigenvalue weighted by atomic mass is 10.3. The van der Waals surface area contributed by atoms with Gasteiger partial charge in [0.1, 0.15) is 5.75 Å². The summed E-state index contributed by atoms with van der Waals surface area (Å²) in [6.07, 6.45) is 1.31. The van der Waals surface area contributed by atoms with Crippen LogP contribution in [0.3, 0.4) is 0 Å². The fraction of sp³-hybridized carbons (Fsp3) is 0.333. The average Bonchev–Trinajstić information content (AvgIpc) is 2.70. The first kappa shape index (κ1) is 12.7. The summed E-state index contributed by atoms with van der Waals surface area (Å²) in [7, 11) is 0. The zero-order chi connectivity index (χ0) is 13.1. The van der Waals surface area contributed by atoms with Gasteiger partial charge in [0.15, 0.2) is 0 Å². The molecule has 18 heavy (non-hydrogen) atoms. The Hall–Kier alpha value is -1.75. The highest BCUT2D eigenvalue weighted by molar-refractivity contribution is 6.32. The Morgan fingerprint density at radius 2 is 2.28 bits per heavy atom. The Morgan fingerprint density at radius 1 is 1.50 bits per heavy atom. The Kier molecular flexibility index (Phi) is 3.72. The molecule has 0 atom stereocenters. The lowest BCUT2D eigenvalue weighted by Gasteiger charge is -2.15. The molecule has 0 radical (unpaired) electrons. The van der Waals surface area contributed by atoms with Crippen LogP contribution in [-0.4, -0.2) is 34.9 Å². The fourth-order valence-electron chi connectivity index (χ4n) is 1.84. The first-order valence-corrected chi connectivity index (χ1v) is 6.00. The highest BCUT2D eigenvalue weighted by Crippen LogP contribution is 2.26. The number of aromatic hydroxyl groups is 1. The fourth-order valence-corrected chi connectivity index (χ4v) is 1.95. The smallest absolute Gasteiger partial charge is 0.243 e. The molecule has 1 fully saturated rings. The van der Waals surface area contributed by atoms with Crippen LogP contribution in [0.5, 0.6) is 5.75 Å². The molecule has 6 heteroatoms. The van der Waals surface area contributed by atoms with Gasteiger partial charge >= 0.3 is 0 Å². The predicted molar refractivity (Wildman–Crippen MR) is 67.6 cm³/mol. The van der Waals surface area contributed by atoms with Crippen molar-refractivity contribution < 1.29 is 14.7 Å². The molecule has 1 aromatic rings. The maximum atomic E-state index is 11.7. The van der Waals surface area contributed by atoms with Crippen LogP contribution in [0.15, 0.2) is 18.2 Å². The predicted octanol–water partition coefficient (Wildman–Crippen LogP) is 1.61. The normalized spacial score (nSPS) is 14.9. The number of carbonyl (C=O) groups excluding carboxylic acids is 2. The van der Waals surface area contributed by atoms with Crippen molar-refractivity contribution in [3.05, 3.63) is 23.2 Å². The second-order valence-corrected chi connectivity index (χ2v) is 4.54. The summed E-state index contributed by atoms with van der Waals surface area (Å²) in [5.41, 5.74) is 0.452. The lowest BCUT2D eigenvalue weighted by Crippen LogP contribution is -2.33. The van der Waals surface area contributed by atoms with Gasteiger partial charge in [-0.15, -0.1) is 0 Å². The van der Waals surface area contributed by atoms with E-state index in [0.717, 1.165) is 6.42 Å². The zero-order valence-electron chi connectivity index (χ0n) is 9.65. The minimum atomic E-state index is -0.285. The number of carbonyl (C=O) groups is 2. The molecule has 1 aromatic carbocycles. The third-order valence-corrected chi connectivity index (χ3v) is 3.06. The Bertz CT molecular complexity index is 490. The topological polar surface area (TPSA) is 69.6 Å². The summed E-state index contributed by atoms with van der Waals surface area (Å²) in [5.74, 6) is -0.372. The summed E-state index contributed by atoms with van der Waals surface area (Å²) in [5, 5.41) is 12.2. The Labute approximate surface area is 109 Å². The van der Waals surface area contributed by atoms with E-state index in [1.807, 2.05) is 0 Å². The molecule has 1 aliphatic heterocycles. The van der Waals surface area contributed by atoms with Crippen molar-refractivity contribution in [1.82, 2.24) is 4.90 Å². The van der Waals surface area contributed by atoms with Gasteiger partial charge in [-0.3, -0.25) is 9.59 Å².